The van der Waals surface area contributed by atoms with E-state index < -0.39 is 0 Å². The summed E-state index contributed by atoms with van der Waals surface area (Å²) in [6.45, 7) is 0. The maximum atomic E-state index is 4.80. The van der Waals surface area contributed by atoms with Crippen LogP contribution in [0.1, 0.15) is 11.1 Å². The smallest absolute Gasteiger partial charge is 0.0705 e. The van der Waals surface area contributed by atoms with Crippen LogP contribution in [0, 0.1) is 0 Å². The fourth-order valence-corrected chi connectivity index (χ4v) is 5.13. The van der Waals surface area contributed by atoms with Crippen molar-refractivity contribution >= 4 is 49.3 Å². The van der Waals surface area contributed by atoms with E-state index in [0.29, 0.717) is 0 Å². The van der Waals surface area contributed by atoms with Gasteiger partial charge in [0.1, 0.15) is 0 Å². The maximum absolute atomic E-state index is 4.80. The summed E-state index contributed by atoms with van der Waals surface area (Å²) >= 11 is 0. The van der Waals surface area contributed by atoms with Crippen molar-refractivity contribution in [3.8, 4) is 11.1 Å². The van der Waals surface area contributed by atoms with Crippen molar-refractivity contribution in [2.75, 3.05) is 0 Å². The third-order valence-electron chi connectivity index (χ3n) is 6.65. The summed E-state index contributed by atoms with van der Waals surface area (Å²) in [4.78, 5) is 4.80. The molecule has 0 radical (unpaired) electrons. The third-order valence-corrected chi connectivity index (χ3v) is 6.65. The zero-order valence-electron chi connectivity index (χ0n) is 17.0. The highest BCUT2D eigenvalue weighted by Crippen LogP contribution is 2.37. The van der Waals surface area contributed by atoms with Crippen molar-refractivity contribution in [2.24, 2.45) is 0 Å². The van der Waals surface area contributed by atoms with E-state index in [4.69, 9.17) is 4.98 Å². The molecule has 1 aliphatic carbocycles. The summed E-state index contributed by atoms with van der Waals surface area (Å²) in [5.41, 5.74) is 6.13. The molecule has 1 aliphatic rings. The summed E-state index contributed by atoms with van der Waals surface area (Å²) in [5, 5.41) is 9.02. The number of nitrogens with zero attached hydrogens (tertiary/aromatic N) is 1. The van der Waals surface area contributed by atoms with Crippen LogP contribution in [0.5, 0.6) is 0 Å². The van der Waals surface area contributed by atoms with Gasteiger partial charge >= 0.3 is 0 Å². The highest BCUT2D eigenvalue weighted by atomic mass is 14.6. The van der Waals surface area contributed by atoms with Gasteiger partial charge in [-0.25, -0.2) is 0 Å². The van der Waals surface area contributed by atoms with E-state index in [1.165, 1.54) is 54.4 Å². The molecule has 31 heavy (non-hydrogen) atoms. The van der Waals surface area contributed by atoms with E-state index in [1.54, 1.807) is 0 Å². The molecule has 1 heterocycles. The molecule has 0 unspecified atom stereocenters. The minimum atomic E-state index is 1.01. The van der Waals surface area contributed by atoms with Crippen molar-refractivity contribution in [3.63, 3.8) is 0 Å². The van der Waals surface area contributed by atoms with Gasteiger partial charge in [0.15, 0.2) is 0 Å². The van der Waals surface area contributed by atoms with E-state index in [0.717, 1.165) is 17.5 Å². The molecule has 7 rings (SSSR count). The Bertz CT molecular complexity index is 1670. The molecule has 1 heteroatoms. The van der Waals surface area contributed by atoms with Gasteiger partial charge in [-0.1, -0.05) is 72.8 Å². The Morgan fingerprint density at radius 3 is 2.00 bits per heavy atom. The van der Waals surface area contributed by atoms with E-state index in [2.05, 4.69) is 97.1 Å². The molecule has 0 spiro atoms. The van der Waals surface area contributed by atoms with Gasteiger partial charge in [0.2, 0.25) is 0 Å². The third kappa shape index (κ3) is 2.47. The molecule has 5 aromatic carbocycles. The Kier molecular flexibility index (Phi) is 3.39. The summed E-state index contributed by atoms with van der Waals surface area (Å²) in [5.74, 6) is 0. The molecule has 0 aliphatic heterocycles. The number of fused-ring (bicyclic) bond motifs is 8. The van der Waals surface area contributed by atoms with Crippen LogP contribution >= 0.6 is 0 Å². The lowest BCUT2D eigenvalue weighted by Gasteiger charge is -2.12. The fourth-order valence-electron chi connectivity index (χ4n) is 5.13. The van der Waals surface area contributed by atoms with E-state index >= 15 is 0 Å². The molecule has 0 amide bonds. The minimum absolute atomic E-state index is 1.01. The van der Waals surface area contributed by atoms with E-state index in [9.17, 15) is 0 Å². The standard InChI is InChI=1S/C30H19N/c1-2-10-26-24(8-1)25-9-3-4-11-27(25)29-16-21(12-13-28(26)29)23-15-22-14-19-6-5-7-20(19)17-30(22)31-18-23/h1-6,8-18H,7H2. The molecular weight excluding hydrogens is 374 g/mol. The van der Waals surface area contributed by atoms with Crippen molar-refractivity contribution in [3.05, 3.63) is 108 Å². The first kappa shape index (κ1) is 16.8. The molecular formula is C30H19N. The van der Waals surface area contributed by atoms with Gasteiger partial charge < -0.3 is 0 Å². The SMILES string of the molecule is C1=Cc2cc3cc(-c4ccc5c6ccccc6c6ccccc6c5c4)cnc3cc2C1. The molecule has 0 saturated heterocycles. The second-order valence-corrected chi connectivity index (χ2v) is 8.43. The summed E-state index contributed by atoms with van der Waals surface area (Å²) in [7, 11) is 0. The Morgan fingerprint density at radius 1 is 0.581 bits per heavy atom. The van der Waals surface area contributed by atoms with Crippen LogP contribution in [0.2, 0.25) is 0 Å². The van der Waals surface area contributed by atoms with Crippen LogP contribution in [0.15, 0.2) is 97.2 Å². The van der Waals surface area contributed by atoms with Crippen molar-refractivity contribution in [1.29, 1.82) is 0 Å². The Morgan fingerprint density at radius 2 is 1.26 bits per heavy atom. The predicted octanol–water partition coefficient (Wildman–Crippen LogP) is 7.93. The first-order valence-corrected chi connectivity index (χ1v) is 10.8. The van der Waals surface area contributed by atoms with E-state index in [-0.39, 0.29) is 0 Å². The van der Waals surface area contributed by atoms with Crippen LogP contribution in [0.3, 0.4) is 0 Å². The lowest BCUT2D eigenvalue weighted by atomic mass is 9.92. The fraction of sp³-hybridized carbons (Fsp3) is 0.0333. The molecule has 144 valence electrons. The predicted molar refractivity (Wildman–Crippen MR) is 132 cm³/mol. The lowest BCUT2D eigenvalue weighted by molar-refractivity contribution is 1.30. The Balaban J connectivity index is 1.50. The molecule has 0 saturated carbocycles. The number of rotatable bonds is 1. The van der Waals surface area contributed by atoms with E-state index in [1.807, 2.05) is 6.20 Å². The number of aromatic nitrogens is 1. The molecule has 0 fully saturated rings. The minimum Gasteiger partial charge on any atom is -0.256 e. The quantitative estimate of drug-likeness (QED) is 0.258. The molecule has 1 nitrogen and oxygen atoms in total. The first-order chi connectivity index (χ1) is 15.3. The number of hydrogen-bond donors (Lipinski definition) is 0. The number of benzene rings is 5. The summed E-state index contributed by atoms with van der Waals surface area (Å²) in [6, 6.07) is 31.1. The second kappa shape index (κ2) is 6.26. The zero-order valence-corrected chi connectivity index (χ0v) is 17.0. The van der Waals surface area contributed by atoms with Crippen LogP contribution in [-0.4, -0.2) is 4.98 Å². The van der Waals surface area contributed by atoms with Gasteiger partial charge in [-0.3, -0.25) is 4.98 Å². The zero-order chi connectivity index (χ0) is 20.4. The average molecular weight is 393 g/mol. The normalized spacial score (nSPS) is 12.9. The monoisotopic (exact) mass is 393 g/mol. The molecule has 0 atom stereocenters. The van der Waals surface area contributed by atoms with Gasteiger partial charge in [0, 0.05) is 17.1 Å². The summed E-state index contributed by atoms with van der Waals surface area (Å²) < 4.78 is 0. The summed E-state index contributed by atoms with van der Waals surface area (Å²) in [6.07, 6.45) is 7.47. The van der Waals surface area contributed by atoms with Gasteiger partial charge in [0.05, 0.1) is 5.52 Å². The van der Waals surface area contributed by atoms with Crippen molar-refractivity contribution in [2.45, 2.75) is 6.42 Å². The number of pyridine rings is 1. The topological polar surface area (TPSA) is 12.9 Å². The highest BCUT2D eigenvalue weighted by molar-refractivity contribution is 6.25. The average Bonchev–Trinajstić information content (AvgIpc) is 3.29. The van der Waals surface area contributed by atoms with Crippen molar-refractivity contribution in [1.82, 2.24) is 4.98 Å². The first-order valence-electron chi connectivity index (χ1n) is 10.8. The van der Waals surface area contributed by atoms with Crippen LogP contribution < -0.4 is 0 Å². The second-order valence-electron chi connectivity index (χ2n) is 8.43. The van der Waals surface area contributed by atoms with Crippen molar-refractivity contribution < 1.29 is 0 Å². The molecule has 1 aromatic heterocycles. The maximum Gasteiger partial charge on any atom is 0.0705 e. The van der Waals surface area contributed by atoms with Crippen LogP contribution in [-0.2, 0) is 6.42 Å². The number of hydrogen-bond acceptors (Lipinski definition) is 1. The Labute approximate surface area is 180 Å². The molecule has 0 bridgehead atoms. The van der Waals surface area contributed by atoms with Gasteiger partial charge in [0.25, 0.3) is 0 Å². The molecule has 0 N–H and O–H groups in total. The largest absolute Gasteiger partial charge is 0.256 e. The van der Waals surface area contributed by atoms with Crippen LogP contribution in [0.4, 0.5) is 0 Å². The lowest BCUT2D eigenvalue weighted by Crippen LogP contribution is -1.88. The van der Waals surface area contributed by atoms with Gasteiger partial charge in [-0.05, 0) is 79.7 Å². The number of allylic oxidation sites excluding steroid dienone is 1. The van der Waals surface area contributed by atoms with Gasteiger partial charge in [-0.2, -0.15) is 0 Å². The molecule has 6 aromatic rings. The highest BCUT2D eigenvalue weighted by Gasteiger charge is 2.11. The van der Waals surface area contributed by atoms with Crippen LogP contribution in [0.25, 0.3) is 60.4 Å². The van der Waals surface area contributed by atoms with Gasteiger partial charge in [-0.15, -0.1) is 0 Å². The Hall–Kier alpha value is -3.97.